The summed E-state index contributed by atoms with van der Waals surface area (Å²) in [4.78, 5) is 37.3. The third-order valence-electron chi connectivity index (χ3n) is 3.55. The van der Waals surface area contributed by atoms with Gasteiger partial charge in [-0.3, -0.25) is 19.1 Å². The lowest BCUT2D eigenvalue weighted by Crippen LogP contribution is -2.46. The third kappa shape index (κ3) is 8.08. The second-order valence-electron chi connectivity index (χ2n) is 6.62. The number of carbonyl (C=O) groups excluding carboxylic acids is 3. The van der Waals surface area contributed by atoms with E-state index >= 15 is 0 Å². The van der Waals surface area contributed by atoms with Crippen LogP contribution in [0.25, 0.3) is 0 Å². The zero-order chi connectivity index (χ0) is 19.7. The zero-order valence-electron chi connectivity index (χ0n) is 15.8. The maximum Gasteiger partial charge on any atom is 0.243 e. The number of likely N-dealkylation sites (N-methyl/N-ethyl adjacent to an activating group) is 1. The smallest absolute Gasteiger partial charge is 0.243 e. The van der Waals surface area contributed by atoms with Gasteiger partial charge in [-0.25, -0.2) is 0 Å². The van der Waals surface area contributed by atoms with Crippen LogP contribution in [0.4, 0.5) is 5.69 Å². The van der Waals surface area contributed by atoms with Crippen molar-refractivity contribution in [3.8, 4) is 0 Å². The van der Waals surface area contributed by atoms with Crippen molar-refractivity contribution in [1.29, 1.82) is 0 Å². The van der Waals surface area contributed by atoms with Gasteiger partial charge in [0.2, 0.25) is 17.7 Å². The highest BCUT2D eigenvalue weighted by atomic mass is 16.2. The molecule has 0 saturated heterocycles. The average molecular weight is 367 g/mol. The molecule has 0 aliphatic heterocycles. The molecule has 0 radical (unpaired) electrons. The first-order valence-corrected chi connectivity index (χ1v) is 8.46. The van der Waals surface area contributed by atoms with Crippen LogP contribution in [0.2, 0.25) is 0 Å². The van der Waals surface area contributed by atoms with Gasteiger partial charge in [-0.1, -0.05) is 13.8 Å². The van der Waals surface area contributed by atoms with Crippen LogP contribution >= 0.6 is 0 Å². The minimum atomic E-state index is -0.656. The van der Waals surface area contributed by atoms with Crippen LogP contribution in [0.1, 0.15) is 13.8 Å². The van der Waals surface area contributed by atoms with Gasteiger partial charge in [-0.05, 0) is 20.0 Å². The van der Waals surface area contributed by atoms with Crippen LogP contribution in [0, 0.1) is 5.92 Å². The summed E-state index contributed by atoms with van der Waals surface area (Å²) in [5, 5.41) is 11.9. The Morgan fingerprint density at radius 3 is 2.54 bits per heavy atom. The molecule has 1 rings (SSSR count). The highest BCUT2D eigenvalue weighted by molar-refractivity contribution is 5.95. The molecular weight excluding hydrogens is 338 g/mol. The van der Waals surface area contributed by atoms with Gasteiger partial charge < -0.3 is 26.6 Å². The van der Waals surface area contributed by atoms with Gasteiger partial charge >= 0.3 is 0 Å². The Morgan fingerprint density at radius 2 is 1.92 bits per heavy atom. The first-order valence-electron chi connectivity index (χ1n) is 8.46. The number of aromatic nitrogens is 2. The standard InChI is InChI=1S/C16H29N7O3/c1-11(2)15(17)16(26)19-8-13(24)21-12-7-20-23(9-12)10-14(25)18-5-6-22(3)4/h7,9,11,15H,5-6,8,10,17H2,1-4H3,(H,18,25)(H,19,26)(H,21,24)/t15-/m0/s1. The van der Waals surface area contributed by atoms with E-state index in [2.05, 4.69) is 21.0 Å². The highest BCUT2D eigenvalue weighted by Crippen LogP contribution is 2.04. The fraction of sp³-hybridized carbons (Fsp3) is 0.625. The lowest BCUT2D eigenvalue weighted by Gasteiger charge is -2.14. The molecule has 1 heterocycles. The molecule has 0 aliphatic rings. The molecule has 1 aromatic heterocycles. The predicted octanol–water partition coefficient (Wildman–Crippen LogP) is -1.40. The second kappa shape index (κ2) is 10.5. The number of anilines is 1. The number of nitrogens with zero attached hydrogens (tertiary/aromatic N) is 3. The highest BCUT2D eigenvalue weighted by Gasteiger charge is 2.17. The topological polar surface area (TPSA) is 134 Å². The van der Waals surface area contributed by atoms with Crippen LogP contribution in [-0.2, 0) is 20.9 Å². The largest absolute Gasteiger partial charge is 0.353 e. The van der Waals surface area contributed by atoms with E-state index < -0.39 is 11.9 Å². The fourth-order valence-electron chi connectivity index (χ4n) is 1.93. The van der Waals surface area contributed by atoms with Gasteiger partial charge in [0.05, 0.1) is 24.5 Å². The lowest BCUT2D eigenvalue weighted by atomic mass is 10.1. The summed E-state index contributed by atoms with van der Waals surface area (Å²) in [5.74, 6) is -0.951. The Bertz CT molecular complexity index is 613. The van der Waals surface area contributed by atoms with Gasteiger partial charge in [0, 0.05) is 19.3 Å². The number of hydrogen-bond donors (Lipinski definition) is 4. The van der Waals surface area contributed by atoms with E-state index in [0.29, 0.717) is 12.2 Å². The molecule has 0 aromatic carbocycles. The van der Waals surface area contributed by atoms with Crippen LogP contribution < -0.4 is 21.7 Å². The summed E-state index contributed by atoms with van der Waals surface area (Å²) >= 11 is 0. The molecule has 0 aliphatic carbocycles. The minimum absolute atomic E-state index is 0.0137. The number of amides is 3. The SMILES string of the molecule is CC(C)[C@H](N)C(=O)NCC(=O)Nc1cnn(CC(=O)NCCN(C)C)c1. The molecule has 5 N–H and O–H groups in total. The van der Waals surface area contributed by atoms with Crippen molar-refractivity contribution < 1.29 is 14.4 Å². The lowest BCUT2D eigenvalue weighted by molar-refractivity contribution is -0.125. The summed E-state index contributed by atoms with van der Waals surface area (Å²) in [6, 6.07) is -0.656. The molecule has 0 spiro atoms. The first kappa shape index (κ1) is 21.6. The summed E-state index contributed by atoms with van der Waals surface area (Å²) in [6.07, 6.45) is 2.98. The third-order valence-corrected chi connectivity index (χ3v) is 3.55. The molecular formula is C16H29N7O3. The Kier molecular flexibility index (Phi) is 8.73. The van der Waals surface area contributed by atoms with Crippen LogP contribution in [0.15, 0.2) is 12.4 Å². The summed E-state index contributed by atoms with van der Waals surface area (Å²) in [5.41, 5.74) is 6.15. The van der Waals surface area contributed by atoms with Crippen molar-refractivity contribution in [1.82, 2.24) is 25.3 Å². The number of rotatable bonds is 10. The van der Waals surface area contributed by atoms with Gasteiger partial charge in [0.15, 0.2) is 0 Å². The van der Waals surface area contributed by atoms with Gasteiger partial charge in [0.1, 0.15) is 6.54 Å². The molecule has 3 amide bonds. The summed E-state index contributed by atoms with van der Waals surface area (Å²) in [6.45, 7) is 4.83. The maximum absolute atomic E-state index is 11.9. The normalized spacial score (nSPS) is 12.1. The van der Waals surface area contributed by atoms with Gasteiger partial charge in [0.25, 0.3) is 0 Å². The van der Waals surface area contributed by atoms with Gasteiger partial charge in [-0.2, -0.15) is 5.10 Å². The monoisotopic (exact) mass is 367 g/mol. The zero-order valence-corrected chi connectivity index (χ0v) is 15.8. The minimum Gasteiger partial charge on any atom is -0.353 e. The Labute approximate surface area is 153 Å². The van der Waals surface area contributed by atoms with E-state index in [1.807, 2.05) is 32.8 Å². The molecule has 1 atom stereocenters. The van der Waals surface area contributed by atoms with Crippen molar-refractivity contribution in [3.63, 3.8) is 0 Å². The number of hydrogen-bond acceptors (Lipinski definition) is 6. The van der Waals surface area contributed by atoms with Crippen molar-refractivity contribution in [2.45, 2.75) is 26.4 Å². The van der Waals surface area contributed by atoms with E-state index in [1.54, 1.807) is 6.20 Å². The molecule has 0 unspecified atom stereocenters. The molecule has 0 saturated carbocycles. The molecule has 146 valence electrons. The molecule has 10 heteroatoms. The summed E-state index contributed by atoms with van der Waals surface area (Å²) in [7, 11) is 3.85. The number of carbonyl (C=O) groups is 3. The van der Waals surface area contributed by atoms with E-state index in [-0.39, 0.29) is 30.8 Å². The van der Waals surface area contributed by atoms with E-state index in [0.717, 1.165) is 6.54 Å². The van der Waals surface area contributed by atoms with E-state index in [4.69, 9.17) is 5.73 Å². The van der Waals surface area contributed by atoms with Crippen molar-refractivity contribution in [2.75, 3.05) is 39.0 Å². The Balaban J connectivity index is 2.37. The summed E-state index contributed by atoms with van der Waals surface area (Å²) < 4.78 is 1.42. The molecule has 26 heavy (non-hydrogen) atoms. The Morgan fingerprint density at radius 1 is 1.23 bits per heavy atom. The average Bonchev–Trinajstić information content (AvgIpc) is 2.98. The van der Waals surface area contributed by atoms with Crippen molar-refractivity contribution in [2.24, 2.45) is 11.7 Å². The van der Waals surface area contributed by atoms with Crippen LogP contribution in [0.5, 0.6) is 0 Å². The van der Waals surface area contributed by atoms with E-state index in [1.165, 1.54) is 10.9 Å². The predicted molar refractivity (Wildman–Crippen MR) is 98.2 cm³/mol. The van der Waals surface area contributed by atoms with Crippen LogP contribution in [-0.4, -0.2) is 72.2 Å². The van der Waals surface area contributed by atoms with E-state index in [9.17, 15) is 14.4 Å². The fourth-order valence-corrected chi connectivity index (χ4v) is 1.93. The quantitative estimate of drug-likeness (QED) is 0.402. The first-order chi connectivity index (χ1) is 12.2. The second-order valence-corrected chi connectivity index (χ2v) is 6.62. The number of nitrogens with two attached hydrogens (primary N) is 1. The maximum atomic E-state index is 11.9. The molecule has 0 bridgehead atoms. The van der Waals surface area contributed by atoms with Gasteiger partial charge in [-0.15, -0.1) is 0 Å². The van der Waals surface area contributed by atoms with Crippen LogP contribution in [0.3, 0.4) is 0 Å². The Hall–Kier alpha value is -2.46. The van der Waals surface area contributed by atoms with Crippen molar-refractivity contribution in [3.05, 3.63) is 12.4 Å². The van der Waals surface area contributed by atoms with Crippen molar-refractivity contribution >= 4 is 23.4 Å². The molecule has 0 fully saturated rings. The molecule has 1 aromatic rings. The molecule has 10 nitrogen and oxygen atoms in total. The number of nitrogens with one attached hydrogen (secondary N) is 3.